The fraction of sp³-hybridized carbons (Fsp3) is 0.300. The molecule has 1 aliphatic rings. The van der Waals surface area contributed by atoms with Crippen molar-refractivity contribution in [3.05, 3.63) is 55.0 Å². The quantitative estimate of drug-likeness (QED) is 0.558. The highest BCUT2D eigenvalue weighted by Crippen LogP contribution is 2.26. The first-order chi connectivity index (χ1) is 15.3. The predicted octanol–water partition coefficient (Wildman–Crippen LogP) is 0.744. The van der Waals surface area contributed by atoms with Crippen molar-refractivity contribution in [2.75, 3.05) is 18.4 Å². The molecule has 0 atom stereocenters. The van der Waals surface area contributed by atoms with E-state index in [9.17, 15) is 18.0 Å². The topological polar surface area (TPSA) is 145 Å². The zero-order valence-electron chi connectivity index (χ0n) is 17.4. The van der Waals surface area contributed by atoms with Crippen LogP contribution in [0.3, 0.4) is 0 Å². The molecule has 0 spiro atoms. The molecule has 1 saturated heterocycles. The van der Waals surface area contributed by atoms with Gasteiger partial charge < -0.3 is 15.6 Å². The Labute approximate surface area is 184 Å². The Morgan fingerprint density at radius 2 is 1.97 bits per heavy atom. The van der Waals surface area contributed by atoms with E-state index in [1.54, 1.807) is 48.7 Å². The van der Waals surface area contributed by atoms with Crippen LogP contribution in [0.15, 0.2) is 54.2 Å². The number of anilines is 1. The first-order valence-electron chi connectivity index (χ1n) is 9.97. The molecule has 11 nitrogen and oxygen atoms in total. The van der Waals surface area contributed by atoms with Crippen molar-refractivity contribution in [1.82, 2.24) is 23.4 Å². The third-order valence-corrected chi connectivity index (χ3v) is 7.34. The van der Waals surface area contributed by atoms with E-state index >= 15 is 0 Å². The zero-order chi connectivity index (χ0) is 22.9. The number of hydrogen-bond acceptors (Lipinski definition) is 6. The summed E-state index contributed by atoms with van der Waals surface area (Å²) in [4.78, 5) is 32.4. The summed E-state index contributed by atoms with van der Waals surface area (Å²) in [6.07, 6.45) is 8.77. The average molecular weight is 458 g/mol. The van der Waals surface area contributed by atoms with Crippen molar-refractivity contribution in [2.45, 2.75) is 17.7 Å². The van der Waals surface area contributed by atoms with Crippen LogP contribution in [0.4, 0.5) is 5.69 Å². The van der Waals surface area contributed by atoms with Gasteiger partial charge in [0.2, 0.25) is 15.9 Å². The van der Waals surface area contributed by atoms with Gasteiger partial charge in [-0.3, -0.25) is 14.2 Å². The van der Waals surface area contributed by atoms with Gasteiger partial charge in [-0.2, -0.15) is 4.31 Å². The molecule has 0 bridgehead atoms. The highest BCUT2D eigenvalue weighted by Gasteiger charge is 2.33. The number of nitrogens with one attached hydrogen (secondary N) is 1. The average Bonchev–Trinajstić information content (AvgIpc) is 3.45. The molecular weight excluding hydrogens is 434 g/mol. The SMILES string of the molecule is Cn1cc(S(=O)(=O)N2CCC(C(=O)Nc3ccc(-n4ccnc4)nc3)CC2)cc1C(N)=O. The molecule has 3 aromatic rings. The van der Waals surface area contributed by atoms with Gasteiger partial charge in [-0.1, -0.05) is 0 Å². The molecule has 4 heterocycles. The van der Waals surface area contributed by atoms with Crippen molar-refractivity contribution in [1.29, 1.82) is 0 Å². The number of nitrogens with zero attached hydrogens (tertiary/aromatic N) is 5. The van der Waals surface area contributed by atoms with Crippen molar-refractivity contribution in [3.8, 4) is 5.82 Å². The first-order valence-corrected chi connectivity index (χ1v) is 11.4. The number of sulfonamides is 1. The Hall–Kier alpha value is -3.51. The number of aromatic nitrogens is 4. The maximum absolute atomic E-state index is 12.9. The van der Waals surface area contributed by atoms with Crippen LogP contribution in [0, 0.1) is 5.92 Å². The predicted molar refractivity (Wildman–Crippen MR) is 115 cm³/mol. The van der Waals surface area contributed by atoms with Crippen LogP contribution >= 0.6 is 0 Å². The summed E-state index contributed by atoms with van der Waals surface area (Å²) in [5, 5.41) is 2.84. The molecule has 2 amide bonds. The van der Waals surface area contributed by atoms with Crippen LogP contribution in [0.2, 0.25) is 0 Å². The lowest BCUT2D eigenvalue weighted by molar-refractivity contribution is -0.120. The van der Waals surface area contributed by atoms with E-state index in [2.05, 4.69) is 15.3 Å². The lowest BCUT2D eigenvalue weighted by Crippen LogP contribution is -2.41. The molecule has 4 rings (SSSR count). The molecule has 168 valence electrons. The third kappa shape index (κ3) is 4.27. The molecule has 3 aromatic heterocycles. The zero-order valence-corrected chi connectivity index (χ0v) is 18.2. The number of pyridine rings is 1. The van der Waals surface area contributed by atoms with E-state index in [1.807, 2.05) is 0 Å². The molecule has 0 saturated carbocycles. The standard InChI is InChI=1S/C20H23N7O4S/c1-25-12-16(10-17(25)19(21)28)32(30,31)27-7-4-14(5-8-27)20(29)24-15-2-3-18(23-11-15)26-9-6-22-13-26/h2-3,6,9-14H,4-5,7-8H2,1H3,(H2,21,28)(H,24,29). The summed E-state index contributed by atoms with van der Waals surface area (Å²) in [6.45, 7) is 0.415. The van der Waals surface area contributed by atoms with Gasteiger partial charge in [0.05, 0.1) is 11.9 Å². The number of carbonyl (C=O) groups is 2. The molecule has 0 radical (unpaired) electrons. The van der Waals surface area contributed by atoms with Crippen molar-refractivity contribution < 1.29 is 18.0 Å². The van der Waals surface area contributed by atoms with Gasteiger partial charge in [0.25, 0.3) is 5.91 Å². The van der Waals surface area contributed by atoms with E-state index in [1.165, 1.54) is 21.1 Å². The normalized spacial score (nSPS) is 15.5. The lowest BCUT2D eigenvalue weighted by Gasteiger charge is -2.30. The van der Waals surface area contributed by atoms with Crippen LogP contribution in [0.5, 0.6) is 0 Å². The number of nitrogens with two attached hydrogens (primary N) is 1. The number of hydrogen-bond donors (Lipinski definition) is 2. The van der Waals surface area contributed by atoms with Crippen LogP contribution in [-0.4, -0.2) is 56.7 Å². The number of primary amides is 1. The number of piperidine rings is 1. The second-order valence-corrected chi connectivity index (χ2v) is 9.52. The molecule has 0 aromatic carbocycles. The van der Waals surface area contributed by atoms with E-state index in [0.29, 0.717) is 24.3 Å². The van der Waals surface area contributed by atoms with E-state index in [0.717, 1.165) is 0 Å². The molecule has 3 N–H and O–H groups in total. The maximum atomic E-state index is 12.9. The summed E-state index contributed by atoms with van der Waals surface area (Å²) in [5.41, 5.74) is 5.96. The van der Waals surface area contributed by atoms with Gasteiger partial charge in [-0.15, -0.1) is 0 Å². The Bertz CT molecular complexity index is 1230. The minimum atomic E-state index is -3.78. The van der Waals surface area contributed by atoms with Gasteiger partial charge in [-0.05, 0) is 31.0 Å². The number of amides is 2. The van der Waals surface area contributed by atoms with E-state index < -0.39 is 15.9 Å². The molecule has 0 unspecified atom stereocenters. The Balaban J connectivity index is 1.36. The molecule has 1 fully saturated rings. The molecule has 0 aliphatic carbocycles. The summed E-state index contributed by atoms with van der Waals surface area (Å²) < 4.78 is 30.3. The van der Waals surface area contributed by atoms with Crippen molar-refractivity contribution in [2.24, 2.45) is 18.7 Å². The number of imidazole rings is 1. The van der Waals surface area contributed by atoms with Crippen molar-refractivity contribution >= 4 is 27.5 Å². The van der Waals surface area contributed by atoms with Gasteiger partial charge in [-0.25, -0.2) is 18.4 Å². The summed E-state index contributed by atoms with van der Waals surface area (Å²) >= 11 is 0. The van der Waals surface area contributed by atoms with Gasteiger partial charge >= 0.3 is 0 Å². The van der Waals surface area contributed by atoms with Gasteiger partial charge in [0, 0.05) is 44.6 Å². The smallest absolute Gasteiger partial charge is 0.265 e. The van der Waals surface area contributed by atoms with Gasteiger partial charge in [0.15, 0.2) is 0 Å². The monoisotopic (exact) mass is 457 g/mol. The number of aryl methyl sites for hydroxylation is 1. The van der Waals surface area contributed by atoms with Crippen LogP contribution in [-0.2, 0) is 21.9 Å². The molecule has 32 heavy (non-hydrogen) atoms. The number of rotatable bonds is 6. The summed E-state index contributed by atoms with van der Waals surface area (Å²) in [6, 6.07) is 4.80. The van der Waals surface area contributed by atoms with Gasteiger partial charge in [0.1, 0.15) is 22.7 Å². The molecule has 1 aliphatic heterocycles. The van der Waals surface area contributed by atoms with Crippen LogP contribution in [0.1, 0.15) is 23.3 Å². The second kappa shape index (κ2) is 8.55. The van der Waals surface area contributed by atoms with E-state index in [4.69, 9.17) is 5.73 Å². The highest BCUT2D eigenvalue weighted by atomic mass is 32.2. The van der Waals surface area contributed by atoms with Crippen LogP contribution < -0.4 is 11.1 Å². The largest absolute Gasteiger partial charge is 0.364 e. The third-order valence-electron chi connectivity index (χ3n) is 5.48. The van der Waals surface area contributed by atoms with E-state index in [-0.39, 0.29) is 35.5 Å². The second-order valence-electron chi connectivity index (χ2n) is 7.58. The Morgan fingerprint density at radius 3 is 2.53 bits per heavy atom. The Kier molecular flexibility index (Phi) is 5.80. The first kappa shape index (κ1) is 21.7. The number of carbonyl (C=O) groups excluding carboxylic acids is 2. The lowest BCUT2D eigenvalue weighted by atomic mass is 9.97. The minimum Gasteiger partial charge on any atom is -0.364 e. The molecular formula is C20H23N7O4S. The molecule has 12 heteroatoms. The fourth-order valence-electron chi connectivity index (χ4n) is 3.68. The summed E-state index contributed by atoms with van der Waals surface area (Å²) in [5.74, 6) is -0.502. The summed E-state index contributed by atoms with van der Waals surface area (Å²) in [7, 11) is -2.21. The Morgan fingerprint density at radius 1 is 1.22 bits per heavy atom. The van der Waals surface area contributed by atoms with Crippen LogP contribution in [0.25, 0.3) is 5.82 Å². The minimum absolute atomic E-state index is 0.0146. The highest BCUT2D eigenvalue weighted by molar-refractivity contribution is 7.89. The van der Waals surface area contributed by atoms with Crippen molar-refractivity contribution in [3.63, 3.8) is 0 Å². The fourth-order valence-corrected chi connectivity index (χ4v) is 5.22. The maximum Gasteiger partial charge on any atom is 0.265 e.